The second kappa shape index (κ2) is 9.14. The van der Waals surface area contributed by atoms with E-state index in [0.29, 0.717) is 17.1 Å². The number of ether oxygens (including phenoxy) is 2. The number of carbonyl (C=O) groups is 1. The van der Waals surface area contributed by atoms with Crippen LogP contribution in [0.25, 0.3) is 0 Å². The van der Waals surface area contributed by atoms with Crippen LogP contribution in [-0.4, -0.2) is 62.3 Å². The van der Waals surface area contributed by atoms with Gasteiger partial charge in [0.1, 0.15) is 17.6 Å². The molecule has 154 valence electrons. The molecule has 1 aliphatic carbocycles. The predicted molar refractivity (Wildman–Crippen MR) is 109 cm³/mol. The lowest BCUT2D eigenvalue weighted by molar-refractivity contribution is 0.0748. The molecular weight excluding hydrogens is 354 g/mol. The molecule has 0 radical (unpaired) electrons. The van der Waals surface area contributed by atoms with Crippen molar-refractivity contribution in [2.24, 2.45) is 0 Å². The highest BCUT2D eigenvalue weighted by Gasteiger charge is 2.29. The predicted octanol–water partition coefficient (Wildman–Crippen LogP) is 2.57. The summed E-state index contributed by atoms with van der Waals surface area (Å²) in [6.45, 7) is 3.97. The molecule has 2 heterocycles. The third kappa shape index (κ3) is 4.61. The van der Waals surface area contributed by atoms with E-state index in [0.717, 1.165) is 51.5 Å². The fraction of sp³-hybridized carbons (Fsp3) is 0.682. The van der Waals surface area contributed by atoms with Crippen molar-refractivity contribution in [3.8, 4) is 11.5 Å². The number of likely N-dealkylation sites (tertiary alicyclic amines) is 1. The van der Waals surface area contributed by atoms with Crippen LogP contribution in [0.2, 0.25) is 0 Å². The molecule has 3 fully saturated rings. The number of rotatable bonds is 6. The minimum Gasteiger partial charge on any atom is -0.497 e. The second-order valence-corrected chi connectivity index (χ2v) is 8.32. The number of benzene rings is 1. The molecule has 1 aromatic carbocycles. The van der Waals surface area contributed by atoms with Gasteiger partial charge in [-0.15, -0.1) is 0 Å². The Hall–Kier alpha value is -1.79. The first kappa shape index (κ1) is 19.5. The van der Waals surface area contributed by atoms with E-state index in [4.69, 9.17) is 9.47 Å². The van der Waals surface area contributed by atoms with E-state index in [1.807, 2.05) is 12.1 Å². The van der Waals surface area contributed by atoms with Gasteiger partial charge in [-0.3, -0.25) is 4.79 Å². The molecule has 2 saturated heterocycles. The summed E-state index contributed by atoms with van der Waals surface area (Å²) in [7, 11) is 1.62. The number of carbonyl (C=O) groups excluding carboxylic acids is 1. The van der Waals surface area contributed by atoms with Crippen molar-refractivity contribution >= 4 is 5.91 Å². The molecule has 1 atom stereocenters. The third-order valence-electron chi connectivity index (χ3n) is 6.44. The van der Waals surface area contributed by atoms with Gasteiger partial charge in [0, 0.05) is 31.7 Å². The Kier molecular flexibility index (Phi) is 6.37. The van der Waals surface area contributed by atoms with Crippen LogP contribution < -0.4 is 20.1 Å². The number of amides is 1. The van der Waals surface area contributed by atoms with E-state index in [9.17, 15) is 4.79 Å². The zero-order valence-corrected chi connectivity index (χ0v) is 16.9. The van der Waals surface area contributed by atoms with Gasteiger partial charge in [0.15, 0.2) is 0 Å². The van der Waals surface area contributed by atoms with Crippen molar-refractivity contribution in [1.82, 2.24) is 15.5 Å². The van der Waals surface area contributed by atoms with Crippen LogP contribution in [0.15, 0.2) is 18.2 Å². The molecule has 0 bridgehead atoms. The molecule has 28 heavy (non-hydrogen) atoms. The van der Waals surface area contributed by atoms with Gasteiger partial charge in [-0.2, -0.15) is 0 Å². The fourth-order valence-electron chi connectivity index (χ4n) is 4.77. The molecule has 2 N–H and O–H groups in total. The molecule has 2 aliphatic heterocycles. The first-order valence-electron chi connectivity index (χ1n) is 10.8. The Morgan fingerprint density at radius 1 is 1.14 bits per heavy atom. The summed E-state index contributed by atoms with van der Waals surface area (Å²) >= 11 is 0. The van der Waals surface area contributed by atoms with Gasteiger partial charge < -0.3 is 25.0 Å². The Balaban J connectivity index is 1.40. The van der Waals surface area contributed by atoms with E-state index in [-0.39, 0.29) is 18.1 Å². The smallest absolute Gasteiger partial charge is 0.255 e. The number of hydrogen-bond donors (Lipinski definition) is 2. The topological polar surface area (TPSA) is 62.8 Å². The largest absolute Gasteiger partial charge is 0.497 e. The number of piperidine rings is 1. The SMILES string of the molecule is COc1ccc(OC2CCN(C3CCCC3)CC2)c(C(=O)N[C@H]2CCNC2)c1. The summed E-state index contributed by atoms with van der Waals surface area (Å²) in [5.74, 6) is 1.27. The lowest BCUT2D eigenvalue weighted by Crippen LogP contribution is -2.43. The lowest BCUT2D eigenvalue weighted by Gasteiger charge is -2.36. The maximum Gasteiger partial charge on any atom is 0.255 e. The molecular formula is C22H33N3O3. The average Bonchev–Trinajstić information content (AvgIpc) is 3.43. The molecule has 0 spiro atoms. The zero-order chi connectivity index (χ0) is 19.3. The molecule has 3 aliphatic rings. The Bertz CT molecular complexity index is 661. The average molecular weight is 388 g/mol. The number of methoxy groups -OCH3 is 1. The van der Waals surface area contributed by atoms with Crippen LogP contribution in [-0.2, 0) is 0 Å². The molecule has 1 saturated carbocycles. The van der Waals surface area contributed by atoms with Crippen LogP contribution in [0.5, 0.6) is 11.5 Å². The highest BCUT2D eigenvalue weighted by molar-refractivity contribution is 5.97. The fourth-order valence-corrected chi connectivity index (χ4v) is 4.77. The van der Waals surface area contributed by atoms with Crippen molar-refractivity contribution in [3.05, 3.63) is 23.8 Å². The second-order valence-electron chi connectivity index (χ2n) is 8.32. The van der Waals surface area contributed by atoms with Gasteiger partial charge >= 0.3 is 0 Å². The first-order valence-corrected chi connectivity index (χ1v) is 10.8. The lowest BCUT2D eigenvalue weighted by atomic mass is 10.0. The molecule has 1 aromatic rings. The van der Waals surface area contributed by atoms with E-state index in [2.05, 4.69) is 15.5 Å². The normalized spacial score (nSPS) is 24.4. The Labute approximate surface area is 168 Å². The standard InChI is InChI=1S/C22H33N3O3/c1-27-19-6-7-21(20(14-19)22(26)24-16-8-11-23-15-16)28-18-9-12-25(13-10-18)17-4-2-3-5-17/h6-7,14,16-18,23H,2-5,8-13,15H2,1H3,(H,24,26)/t16-/m0/s1. The number of nitrogens with zero attached hydrogens (tertiary/aromatic N) is 1. The summed E-state index contributed by atoms with van der Waals surface area (Å²) in [5.41, 5.74) is 0.574. The molecule has 0 aromatic heterocycles. The maximum atomic E-state index is 12.9. The van der Waals surface area contributed by atoms with Crippen LogP contribution in [0.3, 0.4) is 0 Å². The molecule has 6 nitrogen and oxygen atoms in total. The van der Waals surface area contributed by atoms with Crippen LogP contribution in [0, 0.1) is 0 Å². The molecule has 6 heteroatoms. The third-order valence-corrected chi connectivity index (χ3v) is 6.44. The summed E-state index contributed by atoms with van der Waals surface area (Å²) in [6.07, 6.45) is 8.64. The van der Waals surface area contributed by atoms with Crippen LogP contribution in [0.1, 0.15) is 55.3 Å². The first-order chi connectivity index (χ1) is 13.7. The highest BCUT2D eigenvalue weighted by Crippen LogP contribution is 2.30. The number of nitrogens with one attached hydrogen (secondary N) is 2. The van der Waals surface area contributed by atoms with Gasteiger partial charge in [0.05, 0.1) is 12.7 Å². The van der Waals surface area contributed by atoms with Crippen molar-refractivity contribution in [1.29, 1.82) is 0 Å². The molecule has 0 unspecified atom stereocenters. The maximum absolute atomic E-state index is 12.9. The van der Waals surface area contributed by atoms with Gasteiger partial charge in [-0.05, 0) is 56.8 Å². The van der Waals surface area contributed by atoms with Crippen molar-refractivity contribution < 1.29 is 14.3 Å². The Morgan fingerprint density at radius 2 is 1.93 bits per heavy atom. The minimum absolute atomic E-state index is 0.0778. The van der Waals surface area contributed by atoms with Gasteiger partial charge in [-0.25, -0.2) is 0 Å². The minimum atomic E-state index is -0.0778. The molecule has 1 amide bonds. The van der Waals surface area contributed by atoms with Crippen LogP contribution >= 0.6 is 0 Å². The molecule has 4 rings (SSSR count). The zero-order valence-electron chi connectivity index (χ0n) is 16.9. The Morgan fingerprint density at radius 3 is 2.61 bits per heavy atom. The van der Waals surface area contributed by atoms with E-state index < -0.39 is 0 Å². The van der Waals surface area contributed by atoms with Crippen LogP contribution in [0.4, 0.5) is 0 Å². The monoisotopic (exact) mass is 387 g/mol. The highest BCUT2D eigenvalue weighted by atomic mass is 16.5. The summed E-state index contributed by atoms with van der Waals surface area (Å²) < 4.78 is 11.7. The summed E-state index contributed by atoms with van der Waals surface area (Å²) in [6, 6.07) is 6.51. The quantitative estimate of drug-likeness (QED) is 0.786. The summed E-state index contributed by atoms with van der Waals surface area (Å²) in [4.78, 5) is 15.5. The van der Waals surface area contributed by atoms with E-state index in [1.165, 1.54) is 25.7 Å². The van der Waals surface area contributed by atoms with Gasteiger partial charge in [0.2, 0.25) is 0 Å². The summed E-state index contributed by atoms with van der Waals surface area (Å²) in [5, 5.41) is 6.41. The number of hydrogen-bond acceptors (Lipinski definition) is 5. The van der Waals surface area contributed by atoms with Crippen molar-refractivity contribution in [3.63, 3.8) is 0 Å². The van der Waals surface area contributed by atoms with E-state index >= 15 is 0 Å². The van der Waals surface area contributed by atoms with Gasteiger partial charge in [0.25, 0.3) is 5.91 Å². The van der Waals surface area contributed by atoms with Gasteiger partial charge in [-0.1, -0.05) is 12.8 Å². The van der Waals surface area contributed by atoms with Crippen molar-refractivity contribution in [2.45, 2.75) is 63.1 Å². The van der Waals surface area contributed by atoms with E-state index in [1.54, 1.807) is 13.2 Å². The van der Waals surface area contributed by atoms with Crippen molar-refractivity contribution in [2.75, 3.05) is 33.3 Å².